The van der Waals surface area contributed by atoms with Crippen molar-refractivity contribution in [2.24, 2.45) is 10.8 Å². The molecule has 0 unspecified atom stereocenters. The van der Waals surface area contributed by atoms with Gasteiger partial charge in [0.2, 0.25) is 5.79 Å². The van der Waals surface area contributed by atoms with Crippen molar-refractivity contribution < 1.29 is 23.7 Å². The van der Waals surface area contributed by atoms with E-state index >= 15 is 0 Å². The zero-order chi connectivity index (χ0) is 16.2. The first-order valence-corrected chi connectivity index (χ1v) is 7.51. The van der Waals surface area contributed by atoms with Crippen LogP contribution in [-0.4, -0.2) is 53.6 Å². The van der Waals surface area contributed by atoms with Crippen molar-refractivity contribution in [1.82, 2.24) is 5.43 Å². The minimum absolute atomic E-state index is 0.0427. The molecule has 0 aliphatic carbocycles. The smallest absolute Gasteiger partial charge is 0.239 e. The lowest BCUT2D eigenvalue weighted by Crippen LogP contribution is -2.59. The molecule has 0 aromatic heterocycles. The summed E-state index contributed by atoms with van der Waals surface area (Å²) >= 11 is 4.81. The monoisotopic (exact) mass is 331 g/mol. The molecule has 3 N–H and O–H groups in total. The van der Waals surface area contributed by atoms with E-state index in [2.05, 4.69) is 10.5 Å². The topological polar surface area (TPSA) is 96.6 Å². The van der Waals surface area contributed by atoms with Crippen LogP contribution < -0.4 is 11.2 Å². The first-order chi connectivity index (χ1) is 10.1. The summed E-state index contributed by atoms with van der Waals surface area (Å²) in [5.41, 5.74) is 8.53. The number of hydrogen-bond donors (Lipinski definition) is 2. The third-order valence-electron chi connectivity index (χ3n) is 3.63. The third-order valence-corrected chi connectivity index (χ3v) is 3.72. The maximum atomic E-state index is 5.96. The van der Waals surface area contributed by atoms with E-state index in [0.29, 0.717) is 12.3 Å². The number of ether oxygens (including phenoxy) is 5. The third kappa shape index (κ3) is 2.84. The van der Waals surface area contributed by atoms with Crippen molar-refractivity contribution in [2.45, 2.75) is 57.3 Å². The molecular formula is C13H21N3O5S. The molecule has 0 amide bonds. The molecule has 9 heteroatoms. The molecular weight excluding hydrogens is 310 g/mol. The van der Waals surface area contributed by atoms with Crippen LogP contribution in [0.3, 0.4) is 0 Å². The van der Waals surface area contributed by atoms with Crippen molar-refractivity contribution in [3.8, 4) is 0 Å². The molecule has 3 atom stereocenters. The molecule has 3 heterocycles. The lowest BCUT2D eigenvalue weighted by Gasteiger charge is -2.38. The second-order valence-corrected chi connectivity index (χ2v) is 6.86. The Morgan fingerprint density at radius 2 is 1.95 bits per heavy atom. The molecule has 0 bridgehead atoms. The van der Waals surface area contributed by atoms with Gasteiger partial charge in [-0.05, 0) is 39.9 Å². The van der Waals surface area contributed by atoms with E-state index in [1.54, 1.807) is 0 Å². The molecule has 0 aromatic carbocycles. The molecule has 3 aliphatic heterocycles. The highest BCUT2D eigenvalue weighted by Gasteiger charge is 2.61. The summed E-state index contributed by atoms with van der Waals surface area (Å²) in [6, 6.07) is 0. The number of hydrogen-bond acceptors (Lipinski definition) is 7. The molecule has 3 aliphatic rings. The lowest BCUT2D eigenvalue weighted by atomic mass is 9.98. The molecule has 3 rings (SSSR count). The van der Waals surface area contributed by atoms with Crippen molar-refractivity contribution in [2.75, 3.05) is 13.2 Å². The van der Waals surface area contributed by atoms with Crippen LogP contribution in [0.15, 0.2) is 5.10 Å². The van der Waals surface area contributed by atoms with Gasteiger partial charge in [-0.15, -0.1) is 0 Å². The minimum atomic E-state index is -1.13. The highest BCUT2D eigenvalue weighted by molar-refractivity contribution is 7.80. The fraction of sp³-hybridized carbons (Fsp3) is 0.846. The Labute approximate surface area is 134 Å². The molecule has 124 valence electrons. The molecule has 22 heavy (non-hydrogen) atoms. The molecule has 8 nitrogen and oxygen atoms in total. The summed E-state index contributed by atoms with van der Waals surface area (Å²) in [6.07, 6.45) is -0.706. The largest absolute Gasteiger partial charge is 0.375 e. The Hall–Kier alpha value is -0.840. The first-order valence-electron chi connectivity index (χ1n) is 7.10. The van der Waals surface area contributed by atoms with Crippen LogP contribution in [-0.2, 0) is 23.7 Å². The number of nitrogens with one attached hydrogen (secondary N) is 1. The maximum absolute atomic E-state index is 5.96. The number of nitrogens with zero attached hydrogens (tertiary/aromatic N) is 1. The highest BCUT2D eigenvalue weighted by Crippen LogP contribution is 2.42. The van der Waals surface area contributed by atoms with Crippen LogP contribution in [0, 0.1) is 0 Å². The van der Waals surface area contributed by atoms with Crippen LogP contribution in [0.2, 0.25) is 0 Å². The van der Waals surface area contributed by atoms with E-state index in [1.807, 2.05) is 27.7 Å². The Morgan fingerprint density at radius 3 is 2.55 bits per heavy atom. The lowest BCUT2D eigenvalue weighted by molar-refractivity contribution is -0.236. The second kappa shape index (κ2) is 5.08. The van der Waals surface area contributed by atoms with E-state index in [4.69, 9.17) is 41.6 Å². The molecule has 3 fully saturated rings. The maximum Gasteiger partial charge on any atom is 0.239 e. The summed E-state index contributed by atoms with van der Waals surface area (Å²) in [6.45, 7) is 7.82. The van der Waals surface area contributed by atoms with Crippen molar-refractivity contribution >= 4 is 23.0 Å². The number of nitrogens with two attached hydrogens (primary N) is 1. The number of thiocarbonyl (C=S) groups is 1. The Balaban J connectivity index is 1.94. The fourth-order valence-electron chi connectivity index (χ4n) is 2.88. The SMILES string of the molecule is CC1(C)O[C@@H]2CO[C@]3(COC(C)(C)O3)/C(=N/NC(N)=S)[C@@H]2O1. The molecule has 1 spiro atoms. The van der Waals surface area contributed by atoms with Gasteiger partial charge in [0.15, 0.2) is 16.7 Å². The van der Waals surface area contributed by atoms with Crippen molar-refractivity contribution in [3.05, 3.63) is 0 Å². The standard InChI is InChI=1S/C13H21N3O5S/c1-11(2)18-6-13(21-11)9(15-16-10(14)22)8-7(5-17-13)19-12(3,4)20-8/h7-8H,5-6H2,1-4H3,(H3,14,16,22)/b15-9+/t7-,8-,13+/m1/s1. The first kappa shape index (κ1) is 16.0. The Kier molecular flexibility index (Phi) is 3.70. The van der Waals surface area contributed by atoms with Crippen LogP contribution >= 0.6 is 12.2 Å². The number of rotatable bonds is 1. The normalized spacial score (nSPS) is 40.8. The van der Waals surface area contributed by atoms with Crippen LogP contribution in [0.4, 0.5) is 0 Å². The van der Waals surface area contributed by atoms with E-state index in [1.165, 1.54) is 0 Å². The predicted octanol–water partition coefficient (Wildman–Crippen LogP) is 0.205. The number of hydrazone groups is 1. The summed E-state index contributed by atoms with van der Waals surface area (Å²) < 4.78 is 29.3. The molecule has 3 saturated heterocycles. The predicted molar refractivity (Wildman–Crippen MR) is 81.0 cm³/mol. The summed E-state index contributed by atoms with van der Waals surface area (Å²) in [5.74, 6) is -2.65. The van der Waals surface area contributed by atoms with Gasteiger partial charge in [0.1, 0.15) is 24.5 Å². The van der Waals surface area contributed by atoms with E-state index < -0.39 is 23.5 Å². The highest BCUT2D eigenvalue weighted by atomic mass is 32.1. The second-order valence-electron chi connectivity index (χ2n) is 6.42. The zero-order valence-electron chi connectivity index (χ0n) is 13.0. The van der Waals surface area contributed by atoms with Crippen molar-refractivity contribution in [1.29, 1.82) is 0 Å². The van der Waals surface area contributed by atoms with Gasteiger partial charge in [-0.2, -0.15) is 5.10 Å². The van der Waals surface area contributed by atoms with E-state index in [-0.39, 0.29) is 17.8 Å². The molecule has 0 saturated carbocycles. The average Bonchev–Trinajstić information content (AvgIpc) is 2.84. The van der Waals surface area contributed by atoms with Gasteiger partial charge in [-0.25, -0.2) is 0 Å². The quantitative estimate of drug-likeness (QED) is 0.520. The number of fused-ring (bicyclic) bond motifs is 1. The van der Waals surface area contributed by atoms with E-state index in [9.17, 15) is 0 Å². The average molecular weight is 331 g/mol. The van der Waals surface area contributed by atoms with E-state index in [0.717, 1.165) is 0 Å². The molecule has 0 radical (unpaired) electrons. The van der Waals surface area contributed by atoms with Gasteiger partial charge in [-0.1, -0.05) is 0 Å². The fourth-order valence-corrected chi connectivity index (χ4v) is 2.93. The summed E-state index contributed by atoms with van der Waals surface area (Å²) in [5, 5.41) is 4.30. The van der Waals surface area contributed by atoms with Gasteiger partial charge in [0.05, 0.1) is 6.61 Å². The van der Waals surface area contributed by atoms with Gasteiger partial charge in [-0.3, -0.25) is 5.43 Å². The van der Waals surface area contributed by atoms with Gasteiger partial charge < -0.3 is 29.4 Å². The van der Waals surface area contributed by atoms with Crippen LogP contribution in [0.1, 0.15) is 27.7 Å². The Bertz CT molecular complexity index is 522. The summed E-state index contributed by atoms with van der Waals surface area (Å²) in [4.78, 5) is 0. The molecule has 0 aromatic rings. The minimum Gasteiger partial charge on any atom is -0.375 e. The zero-order valence-corrected chi connectivity index (χ0v) is 13.9. The van der Waals surface area contributed by atoms with Crippen LogP contribution in [0.5, 0.6) is 0 Å². The van der Waals surface area contributed by atoms with Gasteiger partial charge >= 0.3 is 0 Å². The van der Waals surface area contributed by atoms with Crippen LogP contribution in [0.25, 0.3) is 0 Å². The Morgan fingerprint density at radius 1 is 1.23 bits per heavy atom. The summed E-state index contributed by atoms with van der Waals surface area (Å²) in [7, 11) is 0. The van der Waals surface area contributed by atoms with Gasteiger partial charge in [0, 0.05) is 0 Å². The van der Waals surface area contributed by atoms with Gasteiger partial charge in [0.25, 0.3) is 0 Å². The van der Waals surface area contributed by atoms with Crippen molar-refractivity contribution in [3.63, 3.8) is 0 Å².